The second kappa shape index (κ2) is 12.6. The Hall–Kier alpha value is -3.87. The van der Waals surface area contributed by atoms with E-state index in [0.29, 0.717) is 31.0 Å². The summed E-state index contributed by atoms with van der Waals surface area (Å²) in [5.41, 5.74) is 4.49. The quantitative estimate of drug-likeness (QED) is 0.313. The van der Waals surface area contributed by atoms with Gasteiger partial charge < -0.3 is 20.4 Å². The van der Waals surface area contributed by atoms with Gasteiger partial charge in [0.15, 0.2) is 0 Å². The Morgan fingerprint density at radius 3 is 2.29 bits per heavy atom. The summed E-state index contributed by atoms with van der Waals surface area (Å²) in [6, 6.07) is 20.9. The molecule has 0 spiro atoms. The molecule has 3 aromatic rings. The van der Waals surface area contributed by atoms with Crippen molar-refractivity contribution in [3.63, 3.8) is 0 Å². The van der Waals surface area contributed by atoms with Crippen LogP contribution in [0.3, 0.4) is 0 Å². The van der Waals surface area contributed by atoms with Gasteiger partial charge in [0, 0.05) is 42.7 Å². The van der Waals surface area contributed by atoms with Crippen LogP contribution < -0.4 is 15.5 Å². The van der Waals surface area contributed by atoms with Gasteiger partial charge in [-0.25, -0.2) is 4.39 Å². The summed E-state index contributed by atoms with van der Waals surface area (Å²) in [6.07, 6.45) is 8.53. The number of hydrogen-bond donors (Lipinski definition) is 2. The summed E-state index contributed by atoms with van der Waals surface area (Å²) >= 11 is 0. The van der Waals surface area contributed by atoms with E-state index < -0.39 is 17.8 Å². The first-order valence-corrected chi connectivity index (χ1v) is 15.6. The predicted octanol–water partition coefficient (Wildman–Crippen LogP) is 7.32. The number of amides is 2. The van der Waals surface area contributed by atoms with Crippen molar-refractivity contribution in [2.45, 2.75) is 70.4 Å². The predicted molar refractivity (Wildman–Crippen MR) is 166 cm³/mol. The lowest BCUT2D eigenvalue weighted by atomic mass is 9.83. The molecule has 2 N–H and O–H groups in total. The SMILES string of the molecule is Cc1cccc(F)c1C(=O)N1CCC[C@H](C(=O)Nc2cccc(N3CCCC3)c2)[C@@H]1c1ccc(NC2CCCC2)cc1. The Labute approximate surface area is 248 Å². The van der Waals surface area contributed by atoms with Gasteiger partial charge in [0.1, 0.15) is 5.82 Å². The van der Waals surface area contributed by atoms with Gasteiger partial charge in [0.25, 0.3) is 5.91 Å². The molecule has 2 saturated heterocycles. The van der Waals surface area contributed by atoms with Crippen molar-refractivity contribution >= 4 is 28.9 Å². The Kier molecular flexibility index (Phi) is 8.45. The molecular weight excluding hydrogens is 527 g/mol. The van der Waals surface area contributed by atoms with Gasteiger partial charge in [-0.2, -0.15) is 0 Å². The zero-order chi connectivity index (χ0) is 29.1. The van der Waals surface area contributed by atoms with E-state index in [2.05, 4.69) is 21.6 Å². The van der Waals surface area contributed by atoms with Gasteiger partial charge in [0.05, 0.1) is 17.5 Å². The van der Waals surface area contributed by atoms with Gasteiger partial charge in [-0.05, 0) is 93.0 Å². The molecule has 6 rings (SSSR count). The fourth-order valence-electron chi connectivity index (χ4n) is 7.03. The Bertz CT molecular complexity index is 1390. The highest BCUT2D eigenvalue weighted by molar-refractivity contribution is 5.98. The Morgan fingerprint density at radius 1 is 0.810 bits per heavy atom. The average Bonchev–Trinajstić information content (AvgIpc) is 3.72. The molecule has 42 heavy (non-hydrogen) atoms. The first-order chi connectivity index (χ1) is 20.5. The number of nitrogens with zero attached hydrogens (tertiary/aromatic N) is 2. The topological polar surface area (TPSA) is 64.7 Å². The number of carbonyl (C=O) groups excluding carboxylic acids is 2. The maximum absolute atomic E-state index is 15.0. The van der Waals surface area contributed by atoms with Crippen LogP contribution in [-0.2, 0) is 4.79 Å². The highest BCUT2D eigenvalue weighted by Gasteiger charge is 2.40. The number of hydrogen-bond acceptors (Lipinski definition) is 4. The molecule has 0 radical (unpaired) electrons. The van der Waals surface area contributed by atoms with Gasteiger partial charge in [-0.15, -0.1) is 0 Å². The monoisotopic (exact) mass is 568 g/mol. The van der Waals surface area contributed by atoms with E-state index in [9.17, 15) is 9.59 Å². The number of likely N-dealkylation sites (tertiary alicyclic amines) is 1. The molecule has 2 aliphatic heterocycles. The molecule has 6 nitrogen and oxygen atoms in total. The number of anilines is 3. The van der Waals surface area contributed by atoms with Crippen molar-refractivity contribution in [2.75, 3.05) is 35.2 Å². The molecule has 0 bridgehead atoms. The summed E-state index contributed by atoms with van der Waals surface area (Å²) in [5.74, 6) is -1.48. The fourth-order valence-corrected chi connectivity index (χ4v) is 7.03. The third-order valence-electron chi connectivity index (χ3n) is 9.23. The average molecular weight is 569 g/mol. The van der Waals surface area contributed by atoms with Gasteiger partial charge in [-0.1, -0.05) is 43.2 Å². The van der Waals surface area contributed by atoms with Crippen LogP contribution in [0.4, 0.5) is 21.5 Å². The van der Waals surface area contributed by atoms with Crippen LogP contribution in [-0.4, -0.2) is 42.4 Å². The normalized spacial score (nSPS) is 21.0. The second-order valence-electron chi connectivity index (χ2n) is 12.1. The molecule has 2 amide bonds. The first kappa shape index (κ1) is 28.3. The van der Waals surface area contributed by atoms with Crippen molar-refractivity contribution in [1.82, 2.24) is 4.90 Å². The number of piperidine rings is 1. The minimum absolute atomic E-state index is 0.0846. The number of halogens is 1. The molecule has 1 aliphatic carbocycles. The molecule has 7 heteroatoms. The zero-order valence-electron chi connectivity index (χ0n) is 24.4. The molecule has 2 atom stereocenters. The minimum atomic E-state index is -0.528. The van der Waals surface area contributed by atoms with E-state index in [4.69, 9.17) is 0 Å². The Balaban J connectivity index is 1.29. The lowest BCUT2D eigenvalue weighted by Gasteiger charge is -2.41. The summed E-state index contributed by atoms with van der Waals surface area (Å²) in [5, 5.41) is 6.79. The summed E-state index contributed by atoms with van der Waals surface area (Å²) in [6.45, 7) is 4.28. The molecule has 3 fully saturated rings. The van der Waals surface area contributed by atoms with Gasteiger partial charge >= 0.3 is 0 Å². The number of benzene rings is 3. The smallest absolute Gasteiger partial charge is 0.257 e. The fraction of sp³-hybridized carbons (Fsp3) is 0.429. The van der Waals surface area contributed by atoms with Crippen LogP contribution in [0.15, 0.2) is 66.7 Å². The molecule has 3 aromatic carbocycles. The van der Waals surface area contributed by atoms with Gasteiger partial charge in [-0.3, -0.25) is 9.59 Å². The zero-order valence-corrected chi connectivity index (χ0v) is 24.4. The maximum atomic E-state index is 15.0. The third-order valence-corrected chi connectivity index (χ3v) is 9.23. The van der Waals surface area contributed by atoms with Crippen LogP contribution in [0.1, 0.15) is 78.9 Å². The number of rotatable bonds is 7. The van der Waals surface area contributed by atoms with Crippen LogP contribution in [0.2, 0.25) is 0 Å². The second-order valence-corrected chi connectivity index (χ2v) is 12.1. The molecule has 3 aliphatic rings. The summed E-state index contributed by atoms with van der Waals surface area (Å²) in [4.78, 5) is 32.0. The molecular formula is C35H41FN4O2. The van der Waals surface area contributed by atoms with E-state index in [0.717, 1.165) is 35.7 Å². The lowest BCUT2D eigenvalue weighted by molar-refractivity contribution is -0.123. The minimum Gasteiger partial charge on any atom is -0.382 e. The van der Waals surface area contributed by atoms with Crippen LogP contribution in [0.5, 0.6) is 0 Å². The van der Waals surface area contributed by atoms with Gasteiger partial charge in [0.2, 0.25) is 5.91 Å². The van der Waals surface area contributed by atoms with Crippen molar-refractivity contribution in [3.05, 3.63) is 89.2 Å². The summed E-state index contributed by atoms with van der Waals surface area (Å²) < 4.78 is 15.0. The molecule has 2 heterocycles. The number of carbonyl (C=O) groups is 2. The van der Waals surface area contributed by atoms with E-state index >= 15 is 4.39 Å². The van der Waals surface area contributed by atoms with Crippen molar-refractivity contribution in [3.8, 4) is 0 Å². The maximum Gasteiger partial charge on any atom is 0.257 e. The lowest BCUT2D eigenvalue weighted by Crippen LogP contribution is -2.46. The first-order valence-electron chi connectivity index (χ1n) is 15.6. The molecule has 0 aromatic heterocycles. The van der Waals surface area contributed by atoms with Crippen molar-refractivity contribution < 1.29 is 14.0 Å². The van der Waals surface area contributed by atoms with Crippen LogP contribution >= 0.6 is 0 Å². The van der Waals surface area contributed by atoms with E-state index in [1.165, 1.54) is 44.6 Å². The standard InChI is InChI=1S/C35H41FN4O2/c1-24-9-6-15-31(36)32(24)35(42)40-22-8-14-30(33(40)25-16-18-27(19-17-25)37-26-10-2-3-11-26)34(41)38-28-12-7-13-29(23-28)39-20-4-5-21-39/h6-7,9,12-13,15-19,23,26,30,33,37H,2-5,8,10-11,14,20-22H2,1H3,(H,38,41)/t30-,33-/m0/s1. The number of aryl methyl sites for hydroxylation is 1. The summed E-state index contributed by atoms with van der Waals surface area (Å²) in [7, 11) is 0. The Morgan fingerprint density at radius 2 is 1.55 bits per heavy atom. The van der Waals surface area contributed by atoms with Crippen LogP contribution in [0.25, 0.3) is 0 Å². The van der Waals surface area contributed by atoms with E-state index in [1.807, 2.05) is 42.5 Å². The van der Waals surface area contributed by atoms with E-state index in [1.54, 1.807) is 24.0 Å². The largest absolute Gasteiger partial charge is 0.382 e. The highest BCUT2D eigenvalue weighted by Crippen LogP contribution is 2.39. The molecule has 1 saturated carbocycles. The van der Waals surface area contributed by atoms with Crippen molar-refractivity contribution in [1.29, 1.82) is 0 Å². The molecule has 220 valence electrons. The van der Waals surface area contributed by atoms with Crippen LogP contribution in [0, 0.1) is 18.7 Å². The van der Waals surface area contributed by atoms with Crippen molar-refractivity contribution in [2.24, 2.45) is 5.92 Å². The highest BCUT2D eigenvalue weighted by atomic mass is 19.1. The van der Waals surface area contributed by atoms with E-state index in [-0.39, 0.29) is 17.4 Å². The number of nitrogens with one attached hydrogen (secondary N) is 2. The molecule has 0 unspecified atom stereocenters. The third kappa shape index (κ3) is 6.01.